The van der Waals surface area contributed by atoms with E-state index in [1.165, 1.54) is 25.6 Å². The van der Waals surface area contributed by atoms with E-state index < -0.39 is 21.1 Å². The number of hydrogen-bond acceptors (Lipinski definition) is 8. The predicted molar refractivity (Wildman–Crippen MR) is 90.7 cm³/mol. The van der Waals surface area contributed by atoms with Crippen LogP contribution < -0.4 is 14.8 Å². The molecule has 0 spiro atoms. The summed E-state index contributed by atoms with van der Waals surface area (Å²) >= 11 is 5.89. The quantitative estimate of drug-likeness (QED) is 0.664. The van der Waals surface area contributed by atoms with Crippen molar-refractivity contribution in [2.24, 2.45) is 0 Å². The van der Waals surface area contributed by atoms with E-state index >= 15 is 0 Å². The van der Waals surface area contributed by atoms with Crippen molar-refractivity contribution in [3.8, 4) is 5.88 Å². The first-order valence-corrected chi connectivity index (χ1v) is 8.88. The van der Waals surface area contributed by atoms with Gasteiger partial charge < -0.3 is 4.74 Å². The number of anilines is 1. The van der Waals surface area contributed by atoms with Gasteiger partial charge in [0.15, 0.2) is 5.15 Å². The highest BCUT2D eigenvalue weighted by molar-refractivity contribution is 7.90. The first-order chi connectivity index (χ1) is 12.3. The molecule has 0 saturated carbocycles. The largest absolute Gasteiger partial charge is 0.481 e. The summed E-state index contributed by atoms with van der Waals surface area (Å²) in [4.78, 5) is 27.7. The maximum atomic E-state index is 12.5. The average Bonchev–Trinajstić information content (AvgIpc) is 2.89. The number of fused-ring (bicyclic) bond motifs is 1. The minimum Gasteiger partial charge on any atom is -0.481 e. The first-order valence-electron chi connectivity index (χ1n) is 7.02. The molecule has 136 valence electrons. The third-order valence-electron chi connectivity index (χ3n) is 3.07. The maximum absolute atomic E-state index is 12.5. The highest BCUT2D eigenvalue weighted by Gasteiger charge is 2.27. The molecule has 0 aliphatic heterocycles. The Balaban J connectivity index is 1.86. The molecule has 0 aromatic carbocycles. The van der Waals surface area contributed by atoms with Crippen molar-refractivity contribution in [2.75, 3.05) is 12.4 Å². The minimum absolute atomic E-state index is 0.0741. The average molecular weight is 398 g/mol. The molecular formula is C13H12ClN7O4S. The maximum Gasteiger partial charge on any atom is 0.335 e. The van der Waals surface area contributed by atoms with Gasteiger partial charge in [-0.25, -0.2) is 19.5 Å². The molecule has 13 heteroatoms. The summed E-state index contributed by atoms with van der Waals surface area (Å²) in [5, 5.41) is 1.48. The number of aryl methyl sites for hydroxylation is 1. The number of imidazole rings is 1. The monoisotopic (exact) mass is 397 g/mol. The second-order valence-electron chi connectivity index (χ2n) is 4.93. The second-order valence-corrected chi connectivity index (χ2v) is 6.89. The number of ether oxygens (including phenoxy) is 1. The van der Waals surface area contributed by atoms with Gasteiger partial charge in [0.1, 0.15) is 0 Å². The standard InChI is InChI=1S/C13H12ClN7O4S/c1-7-6-8(25-2)17-11(16-7)19-13(22)20-26(23,24)10-9(14)18-12-15-4-3-5-21(10)12/h3-6H,1-2H3,(H2,16,17,19,20,22). The van der Waals surface area contributed by atoms with Crippen molar-refractivity contribution >= 4 is 39.4 Å². The van der Waals surface area contributed by atoms with Gasteiger partial charge in [0, 0.05) is 24.2 Å². The van der Waals surface area contributed by atoms with E-state index in [9.17, 15) is 13.2 Å². The van der Waals surface area contributed by atoms with Gasteiger partial charge in [-0.1, -0.05) is 11.6 Å². The van der Waals surface area contributed by atoms with E-state index in [4.69, 9.17) is 16.3 Å². The van der Waals surface area contributed by atoms with E-state index in [1.54, 1.807) is 13.0 Å². The van der Waals surface area contributed by atoms with Crippen LogP contribution in [0.2, 0.25) is 5.15 Å². The van der Waals surface area contributed by atoms with Gasteiger partial charge in [-0.15, -0.1) is 0 Å². The van der Waals surface area contributed by atoms with Gasteiger partial charge in [0.2, 0.25) is 22.6 Å². The fourth-order valence-electron chi connectivity index (χ4n) is 2.08. The lowest BCUT2D eigenvalue weighted by Crippen LogP contribution is -2.35. The fraction of sp³-hybridized carbons (Fsp3) is 0.154. The molecule has 0 fully saturated rings. The summed E-state index contributed by atoms with van der Waals surface area (Å²) in [5.74, 6) is 0.164. The van der Waals surface area contributed by atoms with E-state index in [0.717, 1.165) is 4.40 Å². The molecule has 3 aromatic rings. The zero-order chi connectivity index (χ0) is 18.9. The number of sulfonamides is 1. The molecule has 3 rings (SSSR count). The van der Waals surface area contributed by atoms with E-state index in [1.807, 2.05) is 4.72 Å². The summed E-state index contributed by atoms with van der Waals surface area (Å²) in [6.45, 7) is 1.66. The molecule has 3 heterocycles. The molecule has 0 aliphatic rings. The number of carbonyl (C=O) groups is 1. The van der Waals surface area contributed by atoms with Crippen molar-refractivity contribution in [2.45, 2.75) is 11.9 Å². The number of halogens is 1. The normalized spacial score (nSPS) is 11.3. The Morgan fingerprint density at radius 2 is 2.08 bits per heavy atom. The SMILES string of the molecule is COc1cc(C)nc(NC(=O)NS(=O)(=O)c2c(Cl)nc3ncccn23)n1. The van der Waals surface area contributed by atoms with Crippen LogP contribution >= 0.6 is 11.6 Å². The van der Waals surface area contributed by atoms with Crippen LogP contribution in [0.3, 0.4) is 0 Å². The summed E-state index contributed by atoms with van der Waals surface area (Å²) in [7, 11) is -2.94. The fourth-order valence-corrected chi connectivity index (χ4v) is 3.61. The van der Waals surface area contributed by atoms with Crippen LogP contribution in [0, 0.1) is 6.92 Å². The number of nitrogens with one attached hydrogen (secondary N) is 2. The van der Waals surface area contributed by atoms with Gasteiger partial charge in [-0.05, 0) is 13.0 Å². The summed E-state index contributed by atoms with van der Waals surface area (Å²) in [5.41, 5.74) is 0.519. The Hall–Kier alpha value is -2.99. The minimum atomic E-state index is -4.34. The highest BCUT2D eigenvalue weighted by atomic mass is 35.5. The molecule has 11 nitrogen and oxygen atoms in total. The van der Waals surface area contributed by atoms with Crippen LogP contribution in [-0.2, 0) is 10.0 Å². The number of amides is 2. The van der Waals surface area contributed by atoms with E-state index in [-0.39, 0.29) is 22.8 Å². The number of nitrogens with zero attached hydrogens (tertiary/aromatic N) is 5. The Kier molecular flexibility index (Phi) is 4.61. The predicted octanol–water partition coefficient (Wildman–Crippen LogP) is 1.00. The number of methoxy groups -OCH3 is 1. The van der Waals surface area contributed by atoms with Crippen molar-refractivity contribution in [1.82, 2.24) is 29.1 Å². The van der Waals surface area contributed by atoms with Gasteiger partial charge in [0.05, 0.1) is 7.11 Å². The van der Waals surface area contributed by atoms with Crippen molar-refractivity contribution in [1.29, 1.82) is 0 Å². The molecule has 0 aliphatic carbocycles. The second kappa shape index (κ2) is 6.72. The molecule has 0 radical (unpaired) electrons. The smallest absolute Gasteiger partial charge is 0.335 e. The Morgan fingerprint density at radius 3 is 2.81 bits per heavy atom. The lowest BCUT2D eigenvalue weighted by Gasteiger charge is -2.09. The van der Waals surface area contributed by atoms with Crippen molar-refractivity contribution in [3.63, 3.8) is 0 Å². The molecule has 26 heavy (non-hydrogen) atoms. The summed E-state index contributed by atoms with van der Waals surface area (Å²) in [6.07, 6.45) is 2.83. The molecule has 3 aromatic heterocycles. The van der Waals surface area contributed by atoms with Crippen LogP contribution in [0.25, 0.3) is 5.78 Å². The van der Waals surface area contributed by atoms with Gasteiger partial charge in [-0.3, -0.25) is 9.72 Å². The van der Waals surface area contributed by atoms with Crippen LogP contribution in [0.1, 0.15) is 5.69 Å². The van der Waals surface area contributed by atoms with Crippen LogP contribution in [0.4, 0.5) is 10.7 Å². The molecule has 2 amide bonds. The molecular weight excluding hydrogens is 386 g/mol. The lowest BCUT2D eigenvalue weighted by molar-refractivity contribution is 0.256. The summed E-state index contributed by atoms with van der Waals surface area (Å²) < 4.78 is 32.9. The third-order valence-corrected chi connectivity index (χ3v) is 4.80. The van der Waals surface area contributed by atoms with Crippen LogP contribution in [0.15, 0.2) is 29.6 Å². The lowest BCUT2D eigenvalue weighted by atomic mass is 10.4. The number of rotatable bonds is 4. The first kappa shape index (κ1) is 17.8. The number of urea groups is 1. The number of aromatic nitrogens is 5. The van der Waals surface area contributed by atoms with Crippen LogP contribution in [-0.4, -0.2) is 45.9 Å². The number of carbonyl (C=O) groups excluding carboxylic acids is 1. The van der Waals surface area contributed by atoms with Gasteiger partial charge in [0.25, 0.3) is 10.0 Å². The van der Waals surface area contributed by atoms with E-state index in [0.29, 0.717) is 5.69 Å². The topological polar surface area (TPSA) is 140 Å². The number of hydrogen-bond donors (Lipinski definition) is 2. The van der Waals surface area contributed by atoms with Crippen molar-refractivity contribution in [3.05, 3.63) is 35.4 Å². The highest BCUT2D eigenvalue weighted by Crippen LogP contribution is 2.21. The van der Waals surface area contributed by atoms with Crippen LogP contribution in [0.5, 0.6) is 5.88 Å². The Bertz CT molecular complexity index is 1100. The zero-order valence-corrected chi connectivity index (χ0v) is 15.0. The van der Waals surface area contributed by atoms with Gasteiger partial charge in [-0.2, -0.15) is 18.4 Å². The Morgan fingerprint density at radius 1 is 1.31 bits per heavy atom. The molecule has 0 unspecified atom stereocenters. The van der Waals surface area contributed by atoms with Crippen molar-refractivity contribution < 1.29 is 17.9 Å². The molecule has 2 N–H and O–H groups in total. The van der Waals surface area contributed by atoms with Gasteiger partial charge >= 0.3 is 6.03 Å². The summed E-state index contributed by atoms with van der Waals surface area (Å²) in [6, 6.07) is 1.97. The molecule has 0 bridgehead atoms. The molecule has 0 atom stereocenters. The Labute approximate surface area is 152 Å². The zero-order valence-electron chi connectivity index (χ0n) is 13.5. The molecule has 0 saturated heterocycles. The third kappa shape index (κ3) is 3.50. The van der Waals surface area contributed by atoms with E-state index in [2.05, 4.69) is 25.3 Å².